The molecule has 1 unspecified atom stereocenters. The molecule has 1 aliphatic rings. The fourth-order valence-electron chi connectivity index (χ4n) is 1.92. The van der Waals surface area contributed by atoms with Crippen molar-refractivity contribution >= 4 is 17.4 Å². The number of methoxy groups -OCH3 is 1. The molecule has 0 radical (unpaired) electrons. The lowest BCUT2D eigenvalue weighted by molar-refractivity contribution is 0.0240. The molecule has 1 atom stereocenters. The first-order valence-corrected chi connectivity index (χ1v) is 6.27. The average Bonchev–Trinajstić information content (AvgIpc) is 2.39. The van der Waals surface area contributed by atoms with Crippen LogP contribution in [0.4, 0.5) is 0 Å². The maximum absolute atomic E-state index is 12.1. The van der Waals surface area contributed by atoms with E-state index in [1.165, 1.54) is 0 Å². The van der Waals surface area contributed by atoms with Crippen LogP contribution in [0, 0.1) is 0 Å². The molecule has 0 aromatic heterocycles. The fraction of sp³-hybridized carbons (Fsp3) is 0.462. The Kier molecular flexibility index (Phi) is 4.58. The number of hydrogen-bond donors (Lipinski definition) is 1. The quantitative estimate of drug-likeness (QED) is 0.849. The van der Waals surface area contributed by atoms with E-state index in [1.807, 2.05) is 0 Å². The Morgan fingerprint density at radius 1 is 1.61 bits per heavy atom. The van der Waals surface area contributed by atoms with Gasteiger partial charge in [-0.1, -0.05) is 11.6 Å². The molecular formula is C13H16ClNO3. The number of nitrogens with one attached hydrogen (secondary N) is 1. The minimum absolute atomic E-state index is 0.00338. The third-order valence-corrected chi connectivity index (χ3v) is 3.21. The third-order valence-electron chi connectivity index (χ3n) is 2.89. The Hall–Kier alpha value is -1.10. The van der Waals surface area contributed by atoms with E-state index in [4.69, 9.17) is 21.1 Å². The largest absolute Gasteiger partial charge is 0.497 e. The molecule has 1 aromatic rings. The van der Waals surface area contributed by atoms with Gasteiger partial charge in [0.1, 0.15) is 5.75 Å². The van der Waals surface area contributed by atoms with Gasteiger partial charge in [0.05, 0.1) is 24.8 Å². The molecular weight excluding hydrogens is 254 g/mol. The van der Waals surface area contributed by atoms with Crippen LogP contribution in [0.1, 0.15) is 16.8 Å². The van der Waals surface area contributed by atoms with Gasteiger partial charge in [-0.25, -0.2) is 0 Å². The van der Waals surface area contributed by atoms with E-state index in [9.17, 15) is 4.79 Å². The Bertz CT molecular complexity index is 430. The lowest BCUT2D eigenvalue weighted by atomic mass is 10.0. The normalized spacial score (nSPS) is 19.6. The number of hydrogen-bond acceptors (Lipinski definition) is 4. The van der Waals surface area contributed by atoms with Gasteiger partial charge in [-0.2, -0.15) is 0 Å². The molecule has 0 aliphatic carbocycles. The molecule has 1 fully saturated rings. The molecule has 0 amide bonds. The van der Waals surface area contributed by atoms with Gasteiger partial charge in [0.25, 0.3) is 0 Å². The summed E-state index contributed by atoms with van der Waals surface area (Å²) in [5.74, 6) is 0.642. The minimum atomic E-state index is -0.0654. The van der Waals surface area contributed by atoms with Crippen LogP contribution in [0.2, 0.25) is 5.02 Å². The molecule has 18 heavy (non-hydrogen) atoms. The summed E-state index contributed by atoms with van der Waals surface area (Å²) in [6.07, 6.45) is 0.281. The number of morpholine rings is 1. The number of rotatable bonds is 4. The van der Waals surface area contributed by atoms with Crippen LogP contribution in [0.3, 0.4) is 0 Å². The van der Waals surface area contributed by atoms with Gasteiger partial charge in [0.2, 0.25) is 0 Å². The number of halogens is 1. The van der Waals surface area contributed by atoms with Gasteiger partial charge in [-0.3, -0.25) is 4.79 Å². The molecule has 0 bridgehead atoms. The molecule has 0 saturated carbocycles. The van der Waals surface area contributed by atoms with Crippen LogP contribution in [0.15, 0.2) is 18.2 Å². The number of carbonyl (C=O) groups excluding carboxylic acids is 1. The lowest BCUT2D eigenvalue weighted by Crippen LogP contribution is -2.39. The van der Waals surface area contributed by atoms with Gasteiger partial charge in [0, 0.05) is 25.1 Å². The summed E-state index contributed by atoms with van der Waals surface area (Å²) in [5, 5.41) is 3.61. The molecule has 1 aromatic carbocycles. The predicted molar refractivity (Wildman–Crippen MR) is 69.6 cm³/mol. The van der Waals surface area contributed by atoms with Crippen molar-refractivity contribution in [3.05, 3.63) is 28.8 Å². The average molecular weight is 270 g/mol. The monoisotopic (exact) mass is 269 g/mol. The van der Waals surface area contributed by atoms with Crippen molar-refractivity contribution in [3.63, 3.8) is 0 Å². The SMILES string of the molecule is COc1ccc(C(=O)CC2CNCCO2)c(Cl)c1. The molecule has 2 rings (SSSR count). The van der Waals surface area contributed by atoms with Gasteiger partial charge in [-0.15, -0.1) is 0 Å². The van der Waals surface area contributed by atoms with E-state index >= 15 is 0 Å². The molecule has 1 heterocycles. The van der Waals surface area contributed by atoms with E-state index in [-0.39, 0.29) is 11.9 Å². The highest BCUT2D eigenvalue weighted by Gasteiger charge is 2.20. The van der Waals surface area contributed by atoms with E-state index in [2.05, 4.69) is 5.32 Å². The minimum Gasteiger partial charge on any atom is -0.497 e. The van der Waals surface area contributed by atoms with Crippen molar-refractivity contribution in [2.45, 2.75) is 12.5 Å². The smallest absolute Gasteiger partial charge is 0.167 e. The van der Waals surface area contributed by atoms with Gasteiger partial charge in [-0.05, 0) is 18.2 Å². The topological polar surface area (TPSA) is 47.6 Å². The first kappa shape index (κ1) is 13.3. The van der Waals surface area contributed by atoms with Crippen LogP contribution >= 0.6 is 11.6 Å². The molecule has 98 valence electrons. The van der Waals surface area contributed by atoms with Gasteiger partial charge >= 0.3 is 0 Å². The van der Waals surface area contributed by atoms with Crippen molar-refractivity contribution in [1.29, 1.82) is 0 Å². The summed E-state index contributed by atoms with van der Waals surface area (Å²) in [5.41, 5.74) is 0.520. The second-order valence-electron chi connectivity index (χ2n) is 4.17. The van der Waals surface area contributed by atoms with E-state index in [0.717, 1.165) is 6.54 Å². The number of ether oxygens (including phenoxy) is 2. The van der Waals surface area contributed by atoms with Crippen molar-refractivity contribution < 1.29 is 14.3 Å². The van der Waals surface area contributed by atoms with Gasteiger partial charge < -0.3 is 14.8 Å². The Morgan fingerprint density at radius 3 is 3.06 bits per heavy atom. The maximum Gasteiger partial charge on any atom is 0.167 e. The van der Waals surface area contributed by atoms with Crippen molar-refractivity contribution in [2.75, 3.05) is 26.8 Å². The molecule has 0 spiro atoms. The maximum atomic E-state index is 12.1. The second kappa shape index (κ2) is 6.18. The highest BCUT2D eigenvalue weighted by Crippen LogP contribution is 2.24. The highest BCUT2D eigenvalue weighted by atomic mass is 35.5. The molecule has 1 aliphatic heterocycles. The number of ketones is 1. The zero-order valence-electron chi connectivity index (χ0n) is 10.2. The molecule has 1 saturated heterocycles. The molecule has 4 nitrogen and oxygen atoms in total. The van der Waals surface area contributed by atoms with Crippen LogP contribution in [0.5, 0.6) is 5.75 Å². The van der Waals surface area contributed by atoms with E-state index in [1.54, 1.807) is 25.3 Å². The second-order valence-corrected chi connectivity index (χ2v) is 4.58. The molecule has 5 heteroatoms. The predicted octanol–water partition coefficient (Wildman–Crippen LogP) is 1.91. The number of benzene rings is 1. The third kappa shape index (κ3) is 3.22. The van der Waals surface area contributed by atoms with Crippen molar-refractivity contribution in [3.8, 4) is 5.75 Å². The van der Waals surface area contributed by atoms with Crippen molar-refractivity contribution in [1.82, 2.24) is 5.32 Å². The van der Waals surface area contributed by atoms with Crippen LogP contribution in [-0.2, 0) is 4.74 Å². The van der Waals surface area contributed by atoms with E-state index in [0.29, 0.717) is 35.9 Å². The summed E-state index contributed by atoms with van der Waals surface area (Å²) in [7, 11) is 1.56. The Labute approximate surface area is 111 Å². The summed E-state index contributed by atoms with van der Waals surface area (Å²) < 4.78 is 10.6. The van der Waals surface area contributed by atoms with E-state index < -0.39 is 0 Å². The number of Topliss-reactive ketones (excluding diaryl/α,β-unsaturated/α-hetero) is 1. The first-order valence-electron chi connectivity index (χ1n) is 5.90. The number of carbonyl (C=O) groups is 1. The Morgan fingerprint density at radius 2 is 2.44 bits per heavy atom. The zero-order chi connectivity index (χ0) is 13.0. The highest BCUT2D eigenvalue weighted by molar-refractivity contribution is 6.34. The van der Waals surface area contributed by atoms with Crippen molar-refractivity contribution in [2.24, 2.45) is 0 Å². The Balaban J connectivity index is 2.03. The molecule has 1 N–H and O–H groups in total. The fourth-order valence-corrected chi connectivity index (χ4v) is 2.19. The summed E-state index contributed by atoms with van der Waals surface area (Å²) in [4.78, 5) is 12.1. The summed E-state index contributed by atoms with van der Waals surface area (Å²) >= 11 is 6.06. The zero-order valence-corrected chi connectivity index (χ0v) is 11.0. The lowest BCUT2D eigenvalue weighted by Gasteiger charge is -2.23. The van der Waals surface area contributed by atoms with Crippen LogP contribution in [-0.4, -0.2) is 38.7 Å². The van der Waals surface area contributed by atoms with Crippen LogP contribution in [0.25, 0.3) is 0 Å². The standard InChI is InChI=1S/C13H16ClNO3/c1-17-9-2-3-11(12(14)6-9)13(16)7-10-8-15-4-5-18-10/h2-3,6,10,15H,4-5,7-8H2,1H3. The summed E-state index contributed by atoms with van der Waals surface area (Å²) in [6.45, 7) is 2.20. The first-order chi connectivity index (χ1) is 8.70. The van der Waals surface area contributed by atoms with Gasteiger partial charge in [0.15, 0.2) is 5.78 Å². The van der Waals surface area contributed by atoms with Crippen LogP contribution < -0.4 is 10.1 Å². The summed E-state index contributed by atoms with van der Waals surface area (Å²) in [6, 6.07) is 5.08.